The van der Waals surface area contributed by atoms with Crippen LogP contribution in [0.1, 0.15) is 18.6 Å². The minimum atomic E-state index is -4.49. The van der Waals surface area contributed by atoms with Crippen molar-refractivity contribution < 1.29 is 13.2 Å². The molecule has 2 heterocycles. The summed E-state index contributed by atoms with van der Waals surface area (Å²) in [6, 6.07) is 0. The summed E-state index contributed by atoms with van der Waals surface area (Å²) in [5.74, 6) is -0.275. The molecule has 1 aliphatic heterocycles. The van der Waals surface area contributed by atoms with Gasteiger partial charge in [-0.25, -0.2) is 4.99 Å². The first kappa shape index (κ1) is 15.1. The van der Waals surface area contributed by atoms with E-state index in [1.165, 1.54) is 6.20 Å². The Labute approximate surface area is 119 Å². The lowest BCUT2D eigenvalue weighted by molar-refractivity contribution is -0.147. The molecule has 114 valence electrons. The highest BCUT2D eigenvalue weighted by Gasteiger charge is 2.39. The van der Waals surface area contributed by atoms with E-state index in [1.54, 1.807) is 18.0 Å². The van der Waals surface area contributed by atoms with Gasteiger partial charge in [-0.3, -0.25) is 0 Å². The van der Waals surface area contributed by atoms with Gasteiger partial charge >= 0.3 is 6.18 Å². The number of rotatable bonds is 3. The lowest BCUT2D eigenvalue weighted by Gasteiger charge is -2.29. The molecular formula is C12H15F3N6. The van der Waals surface area contributed by atoms with Crippen molar-refractivity contribution in [1.82, 2.24) is 19.7 Å². The molecule has 0 fully saturated rings. The van der Waals surface area contributed by atoms with E-state index in [0.717, 1.165) is 10.1 Å². The molecule has 0 atom stereocenters. The Morgan fingerprint density at radius 3 is 2.71 bits per heavy atom. The second-order valence-electron chi connectivity index (χ2n) is 4.60. The highest BCUT2D eigenvalue weighted by molar-refractivity contribution is 5.78. The second-order valence-corrected chi connectivity index (χ2v) is 4.60. The molecule has 0 saturated carbocycles. The van der Waals surface area contributed by atoms with Crippen LogP contribution < -0.4 is 5.73 Å². The van der Waals surface area contributed by atoms with Crippen molar-refractivity contribution in [2.75, 3.05) is 6.54 Å². The second kappa shape index (κ2) is 5.58. The van der Waals surface area contributed by atoms with Crippen molar-refractivity contribution in [3.05, 3.63) is 35.8 Å². The fraction of sp³-hybridized carbons (Fsp3) is 0.417. The van der Waals surface area contributed by atoms with Crippen molar-refractivity contribution in [1.29, 1.82) is 0 Å². The summed E-state index contributed by atoms with van der Waals surface area (Å²) in [7, 11) is 0. The van der Waals surface area contributed by atoms with Gasteiger partial charge < -0.3 is 15.2 Å². The maximum atomic E-state index is 12.7. The van der Waals surface area contributed by atoms with Gasteiger partial charge in [0, 0.05) is 19.3 Å². The predicted octanol–water partition coefficient (Wildman–Crippen LogP) is 1.52. The molecule has 0 saturated heterocycles. The molecule has 0 unspecified atom stereocenters. The summed E-state index contributed by atoms with van der Waals surface area (Å²) < 4.78 is 39.2. The molecule has 9 heteroatoms. The zero-order valence-corrected chi connectivity index (χ0v) is 11.4. The summed E-state index contributed by atoms with van der Waals surface area (Å²) in [6.07, 6.45) is -1.55. The number of nitrogens with zero attached hydrogens (tertiary/aromatic N) is 5. The summed E-state index contributed by atoms with van der Waals surface area (Å²) in [5.41, 5.74) is 6.08. The van der Waals surface area contributed by atoms with Crippen LogP contribution in [0.4, 0.5) is 13.2 Å². The van der Waals surface area contributed by atoms with E-state index in [1.807, 2.05) is 0 Å². The smallest absolute Gasteiger partial charge is 0.404 e. The monoisotopic (exact) mass is 300 g/mol. The Kier molecular flexibility index (Phi) is 4.01. The molecule has 21 heavy (non-hydrogen) atoms. The topological polar surface area (TPSA) is 72.3 Å². The molecule has 1 aromatic heterocycles. The molecule has 0 radical (unpaired) electrons. The number of allylic oxidation sites excluding steroid dienone is 1. The van der Waals surface area contributed by atoms with Crippen LogP contribution in [0.25, 0.3) is 0 Å². The first-order valence-corrected chi connectivity index (χ1v) is 6.18. The van der Waals surface area contributed by atoms with Crippen LogP contribution in [-0.2, 0) is 19.3 Å². The van der Waals surface area contributed by atoms with Gasteiger partial charge in [-0.2, -0.15) is 13.2 Å². The fourth-order valence-corrected chi connectivity index (χ4v) is 1.89. The summed E-state index contributed by atoms with van der Waals surface area (Å²) in [5, 5.41) is 6.81. The molecule has 6 nitrogen and oxygen atoms in total. The quantitative estimate of drug-likeness (QED) is 0.859. The van der Waals surface area contributed by atoms with Crippen molar-refractivity contribution in [2.24, 2.45) is 10.7 Å². The Morgan fingerprint density at radius 2 is 2.10 bits per heavy atom. The van der Waals surface area contributed by atoms with E-state index in [9.17, 15) is 13.2 Å². The summed E-state index contributed by atoms with van der Waals surface area (Å²) in [6.45, 7) is 6.25. The van der Waals surface area contributed by atoms with E-state index in [-0.39, 0.29) is 18.9 Å². The standard InChI is InChI=1S/C12H15F3N6/c1-8(5-16)6-17-9(2)20-3-4-21-10(7-20)18-19-11(21)12(13,14)15/h5-6H,2-4,7,16H2,1H3/b8-5-,17-6?. The minimum Gasteiger partial charge on any atom is -0.404 e. The average Bonchev–Trinajstić information content (AvgIpc) is 2.87. The van der Waals surface area contributed by atoms with Crippen LogP contribution in [0.5, 0.6) is 0 Å². The third-order valence-corrected chi connectivity index (χ3v) is 3.05. The number of aromatic nitrogens is 3. The normalized spacial score (nSPS) is 16.4. The molecule has 0 amide bonds. The number of alkyl halides is 3. The van der Waals surface area contributed by atoms with E-state index in [4.69, 9.17) is 5.73 Å². The number of hydrogen-bond donors (Lipinski definition) is 1. The van der Waals surface area contributed by atoms with E-state index in [0.29, 0.717) is 12.4 Å². The zero-order valence-electron chi connectivity index (χ0n) is 11.4. The van der Waals surface area contributed by atoms with Crippen molar-refractivity contribution in [3.8, 4) is 0 Å². The number of nitrogens with two attached hydrogens (primary N) is 1. The third kappa shape index (κ3) is 3.23. The Hall–Kier alpha value is -2.32. The molecule has 2 N–H and O–H groups in total. The first-order chi connectivity index (χ1) is 9.82. The van der Waals surface area contributed by atoms with Crippen LogP contribution in [0.2, 0.25) is 0 Å². The number of hydrogen-bond acceptors (Lipinski definition) is 5. The van der Waals surface area contributed by atoms with Crippen molar-refractivity contribution in [2.45, 2.75) is 26.2 Å². The Bertz CT molecular complexity index is 599. The zero-order chi connectivity index (χ0) is 15.6. The molecule has 0 spiro atoms. The fourth-order valence-electron chi connectivity index (χ4n) is 1.89. The maximum Gasteiger partial charge on any atom is 0.451 e. The largest absolute Gasteiger partial charge is 0.451 e. The summed E-state index contributed by atoms with van der Waals surface area (Å²) >= 11 is 0. The van der Waals surface area contributed by atoms with Crippen LogP contribution in [0, 0.1) is 0 Å². The van der Waals surface area contributed by atoms with Crippen LogP contribution in [-0.4, -0.2) is 32.4 Å². The highest BCUT2D eigenvalue weighted by atomic mass is 19.4. The van der Waals surface area contributed by atoms with E-state index in [2.05, 4.69) is 21.8 Å². The van der Waals surface area contributed by atoms with E-state index < -0.39 is 12.0 Å². The molecular weight excluding hydrogens is 285 g/mol. The minimum absolute atomic E-state index is 0.136. The number of fused-ring (bicyclic) bond motifs is 1. The first-order valence-electron chi connectivity index (χ1n) is 6.18. The third-order valence-electron chi connectivity index (χ3n) is 3.05. The van der Waals surface area contributed by atoms with Gasteiger partial charge in [0.05, 0.1) is 6.54 Å². The van der Waals surface area contributed by atoms with Crippen LogP contribution in [0.3, 0.4) is 0 Å². The number of halogens is 3. The van der Waals surface area contributed by atoms with Gasteiger partial charge in [0.1, 0.15) is 5.82 Å². The molecule has 0 aromatic carbocycles. The lowest BCUT2D eigenvalue weighted by Crippen LogP contribution is -2.34. The Morgan fingerprint density at radius 1 is 1.38 bits per heavy atom. The van der Waals surface area contributed by atoms with Gasteiger partial charge in [0.15, 0.2) is 5.82 Å². The van der Waals surface area contributed by atoms with Crippen LogP contribution >= 0.6 is 0 Å². The maximum absolute atomic E-state index is 12.7. The molecule has 1 aliphatic rings. The van der Waals surface area contributed by atoms with Gasteiger partial charge in [0.2, 0.25) is 5.82 Å². The molecule has 2 rings (SSSR count). The van der Waals surface area contributed by atoms with Gasteiger partial charge in [-0.15, -0.1) is 10.2 Å². The average molecular weight is 300 g/mol. The molecule has 0 bridgehead atoms. The molecule has 0 aliphatic carbocycles. The van der Waals surface area contributed by atoms with Gasteiger partial charge in [-0.05, 0) is 18.7 Å². The van der Waals surface area contributed by atoms with Crippen molar-refractivity contribution in [3.63, 3.8) is 0 Å². The molecule has 1 aromatic rings. The lowest BCUT2D eigenvalue weighted by atomic mass is 10.3. The van der Waals surface area contributed by atoms with E-state index >= 15 is 0 Å². The summed E-state index contributed by atoms with van der Waals surface area (Å²) in [4.78, 5) is 5.87. The van der Waals surface area contributed by atoms with Crippen molar-refractivity contribution >= 4 is 6.21 Å². The van der Waals surface area contributed by atoms with Gasteiger partial charge in [-0.1, -0.05) is 6.58 Å². The Balaban J connectivity index is 2.12. The van der Waals surface area contributed by atoms with Gasteiger partial charge in [0.25, 0.3) is 0 Å². The number of aliphatic imine (C=N–C) groups is 1. The van der Waals surface area contributed by atoms with Crippen LogP contribution in [0.15, 0.2) is 29.2 Å². The predicted molar refractivity (Wildman–Crippen MR) is 71.0 cm³/mol. The SMILES string of the molecule is C=C(N=C/C(C)=C\N)N1CCn2c(nnc2C(F)(F)F)C1. The highest BCUT2D eigenvalue weighted by Crippen LogP contribution is 2.29.